The summed E-state index contributed by atoms with van der Waals surface area (Å²) in [5.41, 5.74) is 5.32. The fourth-order valence-corrected chi connectivity index (χ4v) is 2.83. The zero-order valence-electron chi connectivity index (χ0n) is 14.4. The number of thioether (sulfide) groups is 1. The minimum atomic E-state index is -0.256. The monoisotopic (exact) mass is 343 g/mol. The van der Waals surface area contributed by atoms with E-state index in [2.05, 4.69) is 21.5 Å². The predicted molar refractivity (Wildman–Crippen MR) is 95.5 cm³/mol. The molecular formula is C15H29N5O2S. The fraction of sp³-hybridized carbons (Fsp3) is 0.800. The second kappa shape index (κ2) is 10.4. The number of carbonyl (C=O) groups excluding carboxylic acids is 2. The Morgan fingerprint density at radius 2 is 2.17 bits per heavy atom. The van der Waals surface area contributed by atoms with Crippen molar-refractivity contribution < 1.29 is 9.59 Å². The predicted octanol–water partition coefficient (Wildman–Crippen LogP) is -0.0294. The van der Waals surface area contributed by atoms with Gasteiger partial charge in [0.2, 0.25) is 11.8 Å². The van der Waals surface area contributed by atoms with E-state index in [1.54, 1.807) is 25.9 Å². The molecule has 0 aromatic rings. The summed E-state index contributed by atoms with van der Waals surface area (Å²) in [5.74, 6) is 1.70. The molecule has 0 aromatic carbocycles. The van der Waals surface area contributed by atoms with Crippen molar-refractivity contribution in [2.45, 2.75) is 19.3 Å². The first kappa shape index (κ1) is 19.6. The van der Waals surface area contributed by atoms with Crippen molar-refractivity contribution in [3.8, 4) is 0 Å². The van der Waals surface area contributed by atoms with Crippen LogP contribution in [-0.4, -0.2) is 79.9 Å². The van der Waals surface area contributed by atoms with E-state index in [0.29, 0.717) is 6.42 Å². The number of likely N-dealkylation sites (tertiary alicyclic amines) is 1. The molecule has 1 fully saturated rings. The summed E-state index contributed by atoms with van der Waals surface area (Å²) in [6, 6.07) is 0. The normalized spacial score (nSPS) is 18.7. The van der Waals surface area contributed by atoms with E-state index in [4.69, 9.17) is 5.73 Å². The van der Waals surface area contributed by atoms with Gasteiger partial charge in [0.25, 0.3) is 0 Å². The summed E-state index contributed by atoms with van der Waals surface area (Å²) in [7, 11) is 3.45. The fourth-order valence-electron chi connectivity index (χ4n) is 2.53. The Labute approximate surface area is 143 Å². The van der Waals surface area contributed by atoms with Gasteiger partial charge in [-0.25, -0.2) is 4.99 Å². The third-order valence-corrected chi connectivity index (χ3v) is 4.37. The Morgan fingerprint density at radius 3 is 2.78 bits per heavy atom. The first-order valence-corrected chi connectivity index (χ1v) is 9.34. The second-order valence-corrected chi connectivity index (χ2v) is 6.96. The number of guanidine groups is 1. The zero-order valence-corrected chi connectivity index (χ0v) is 15.2. The molecule has 0 bridgehead atoms. The molecule has 1 aliphatic rings. The van der Waals surface area contributed by atoms with E-state index < -0.39 is 0 Å². The van der Waals surface area contributed by atoms with Crippen LogP contribution in [0.4, 0.5) is 0 Å². The van der Waals surface area contributed by atoms with Crippen molar-refractivity contribution >= 4 is 29.5 Å². The number of aliphatic imine (C=N–C) groups is 1. The Balaban J connectivity index is 2.70. The number of hydrogen-bond acceptors (Lipinski definition) is 4. The lowest BCUT2D eigenvalue weighted by atomic mass is 9.95. The largest absolute Gasteiger partial charge is 0.370 e. The number of primary amides is 1. The molecule has 1 aliphatic heterocycles. The van der Waals surface area contributed by atoms with E-state index in [0.717, 1.165) is 44.2 Å². The van der Waals surface area contributed by atoms with Crippen LogP contribution in [0, 0.1) is 5.92 Å². The highest BCUT2D eigenvalue weighted by atomic mass is 32.2. The highest BCUT2D eigenvalue weighted by molar-refractivity contribution is 7.98. The molecule has 1 heterocycles. The molecule has 1 rings (SSSR count). The third-order valence-electron chi connectivity index (χ3n) is 3.76. The number of nitrogens with zero attached hydrogens (tertiary/aromatic N) is 3. The molecule has 3 N–H and O–H groups in total. The maximum Gasteiger partial charge on any atom is 0.243 e. The van der Waals surface area contributed by atoms with Crippen LogP contribution in [-0.2, 0) is 9.59 Å². The van der Waals surface area contributed by atoms with Crippen LogP contribution in [0.15, 0.2) is 4.99 Å². The minimum Gasteiger partial charge on any atom is -0.370 e. The van der Waals surface area contributed by atoms with Crippen molar-refractivity contribution in [2.75, 3.05) is 52.3 Å². The number of rotatable bonds is 7. The third kappa shape index (κ3) is 7.58. The molecule has 7 nitrogen and oxygen atoms in total. The van der Waals surface area contributed by atoms with Gasteiger partial charge in [-0.2, -0.15) is 11.8 Å². The quantitative estimate of drug-likeness (QED) is 0.385. The standard InChI is InChI=1S/C15H29N5O2S/c1-19(2)14(22)10-18-15(17-6-8-23-3)20-7-4-5-12(11-20)9-13(16)21/h12H,4-11H2,1-3H3,(H2,16,21)(H,17,18). The maximum absolute atomic E-state index is 11.8. The number of piperidine rings is 1. The molecule has 23 heavy (non-hydrogen) atoms. The Hall–Kier alpha value is -1.44. The summed E-state index contributed by atoms with van der Waals surface area (Å²) in [4.78, 5) is 31.1. The molecule has 8 heteroatoms. The van der Waals surface area contributed by atoms with Crippen molar-refractivity contribution in [3.63, 3.8) is 0 Å². The van der Waals surface area contributed by atoms with Crippen LogP contribution < -0.4 is 11.1 Å². The van der Waals surface area contributed by atoms with Crippen LogP contribution in [0.5, 0.6) is 0 Å². The lowest BCUT2D eigenvalue weighted by Gasteiger charge is -2.34. The summed E-state index contributed by atoms with van der Waals surface area (Å²) < 4.78 is 0. The van der Waals surface area contributed by atoms with Gasteiger partial charge in [0.1, 0.15) is 6.54 Å². The molecule has 0 saturated carbocycles. The van der Waals surface area contributed by atoms with E-state index in [-0.39, 0.29) is 24.3 Å². The molecule has 1 saturated heterocycles. The van der Waals surface area contributed by atoms with Gasteiger partial charge >= 0.3 is 0 Å². The van der Waals surface area contributed by atoms with Gasteiger partial charge < -0.3 is 20.9 Å². The number of amides is 2. The average molecular weight is 343 g/mol. The average Bonchev–Trinajstić information content (AvgIpc) is 2.49. The summed E-state index contributed by atoms with van der Waals surface area (Å²) >= 11 is 1.76. The highest BCUT2D eigenvalue weighted by Crippen LogP contribution is 2.19. The Bertz CT molecular complexity index is 428. The van der Waals surface area contributed by atoms with Gasteiger partial charge in [0.15, 0.2) is 5.96 Å². The number of nitrogens with one attached hydrogen (secondary N) is 1. The summed E-state index contributed by atoms with van der Waals surface area (Å²) in [5, 5.41) is 3.33. The molecule has 1 atom stereocenters. The van der Waals surface area contributed by atoms with Gasteiger partial charge in [-0.05, 0) is 25.0 Å². The molecule has 0 radical (unpaired) electrons. The minimum absolute atomic E-state index is 0.0279. The molecule has 2 amide bonds. The van der Waals surface area contributed by atoms with Gasteiger partial charge in [-0.15, -0.1) is 0 Å². The Kier molecular flexibility index (Phi) is 8.83. The van der Waals surface area contributed by atoms with E-state index in [1.807, 2.05) is 0 Å². The van der Waals surface area contributed by atoms with Crippen LogP contribution in [0.2, 0.25) is 0 Å². The topological polar surface area (TPSA) is 91.0 Å². The van der Waals surface area contributed by atoms with Crippen molar-refractivity contribution in [1.29, 1.82) is 0 Å². The highest BCUT2D eigenvalue weighted by Gasteiger charge is 2.23. The molecule has 132 valence electrons. The van der Waals surface area contributed by atoms with Crippen molar-refractivity contribution in [3.05, 3.63) is 0 Å². The van der Waals surface area contributed by atoms with Crippen LogP contribution in [0.3, 0.4) is 0 Å². The molecule has 0 spiro atoms. The second-order valence-electron chi connectivity index (χ2n) is 5.97. The lowest BCUT2D eigenvalue weighted by Crippen LogP contribution is -2.48. The number of hydrogen-bond donors (Lipinski definition) is 2. The number of nitrogens with two attached hydrogens (primary N) is 1. The van der Waals surface area contributed by atoms with E-state index >= 15 is 0 Å². The van der Waals surface area contributed by atoms with E-state index in [1.165, 1.54) is 4.90 Å². The maximum atomic E-state index is 11.8. The first-order chi connectivity index (χ1) is 10.9. The Morgan fingerprint density at radius 1 is 1.43 bits per heavy atom. The first-order valence-electron chi connectivity index (χ1n) is 7.94. The number of carbonyl (C=O) groups is 2. The molecular weight excluding hydrogens is 314 g/mol. The van der Waals surface area contributed by atoms with Gasteiger partial charge in [0.05, 0.1) is 0 Å². The van der Waals surface area contributed by atoms with Crippen LogP contribution in [0.1, 0.15) is 19.3 Å². The van der Waals surface area contributed by atoms with Crippen molar-refractivity contribution in [2.24, 2.45) is 16.6 Å². The molecule has 0 aliphatic carbocycles. The smallest absolute Gasteiger partial charge is 0.243 e. The van der Waals surface area contributed by atoms with Gasteiger partial charge in [0, 0.05) is 45.9 Å². The molecule has 0 aromatic heterocycles. The SMILES string of the molecule is CSCCNC(=NCC(=O)N(C)C)N1CCCC(CC(N)=O)C1. The van der Waals surface area contributed by atoms with Gasteiger partial charge in [-0.3, -0.25) is 9.59 Å². The number of likely N-dealkylation sites (N-methyl/N-ethyl adjacent to an activating group) is 1. The van der Waals surface area contributed by atoms with E-state index in [9.17, 15) is 9.59 Å². The molecule has 1 unspecified atom stereocenters. The van der Waals surface area contributed by atoms with Gasteiger partial charge in [-0.1, -0.05) is 0 Å². The lowest BCUT2D eigenvalue weighted by molar-refractivity contribution is -0.127. The van der Waals surface area contributed by atoms with Crippen LogP contribution >= 0.6 is 11.8 Å². The van der Waals surface area contributed by atoms with Crippen LogP contribution in [0.25, 0.3) is 0 Å². The van der Waals surface area contributed by atoms with Crippen molar-refractivity contribution in [1.82, 2.24) is 15.1 Å². The summed E-state index contributed by atoms with van der Waals surface area (Å²) in [6.07, 6.45) is 4.47. The summed E-state index contributed by atoms with van der Waals surface area (Å²) in [6.45, 7) is 2.57. The zero-order chi connectivity index (χ0) is 17.2.